The molecule has 2 aliphatic heterocycles. The van der Waals surface area contributed by atoms with Gasteiger partial charge in [0.2, 0.25) is 0 Å². The maximum atomic E-state index is 13.5. The van der Waals surface area contributed by atoms with Gasteiger partial charge in [0.15, 0.2) is 0 Å². The first-order valence-corrected chi connectivity index (χ1v) is 10.5. The van der Waals surface area contributed by atoms with Crippen LogP contribution in [0.2, 0.25) is 0 Å². The van der Waals surface area contributed by atoms with E-state index in [1.54, 1.807) is 0 Å². The van der Waals surface area contributed by atoms with Gasteiger partial charge in [-0.25, -0.2) is 4.90 Å². The third kappa shape index (κ3) is 3.27. The van der Waals surface area contributed by atoms with Crippen molar-refractivity contribution in [3.05, 3.63) is 57.9 Å². The van der Waals surface area contributed by atoms with Crippen LogP contribution >= 0.6 is 11.3 Å². The second kappa shape index (κ2) is 7.53. The van der Waals surface area contributed by atoms with Crippen LogP contribution in [0.4, 0.5) is 5.69 Å². The van der Waals surface area contributed by atoms with Gasteiger partial charge in [0, 0.05) is 18.0 Å². The zero-order chi connectivity index (χ0) is 19.8. The number of piperidine rings is 1. The van der Waals surface area contributed by atoms with Gasteiger partial charge in [-0.1, -0.05) is 23.8 Å². The number of benzene rings is 1. The quantitative estimate of drug-likeness (QED) is 0.745. The molecule has 2 aromatic rings. The second-order valence-electron chi connectivity index (χ2n) is 7.63. The predicted molar refractivity (Wildman–Crippen MR) is 113 cm³/mol. The zero-order valence-electron chi connectivity index (χ0n) is 16.5. The molecule has 1 saturated heterocycles. The molecular formula is C22H25N3O2S. The summed E-state index contributed by atoms with van der Waals surface area (Å²) in [5.41, 5.74) is 2.78. The molecule has 1 fully saturated rings. The topological polar surface area (TPSA) is 43.9 Å². The third-order valence-electron chi connectivity index (χ3n) is 5.71. The van der Waals surface area contributed by atoms with Crippen molar-refractivity contribution in [2.75, 3.05) is 32.1 Å². The van der Waals surface area contributed by atoms with Crippen LogP contribution in [0.3, 0.4) is 0 Å². The number of hydrogen-bond acceptors (Lipinski definition) is 5. The number of carbonyl (C=O) groups is 2. The highest BCUT2D eigenvalue weighted by atomic mass is 32.1. The third-order valence-corrected chi connectivity index (χ3v) is 6.60. The van der Waals surface area contributed by atoms with E-state index >= 15 is 0 Å². The second-order valence-corrected chi connectivity index (χ2v) is 8.58. The van der Waals surface area contributed by atoms with Crippen molar-refractivity contribution in [2.45, 2.75) is 25.8 Å². The van der Waals surface area contributed by atoms with E-state index < -0.39 is 0 Å². The number of rotatable bonds is 4. The Morgan fingerprint density at radius 2 is 1.71 bits per heavy atom. The van der Waals surface area contributed by atoms with Crippen LogP contribution in [0, 0.1) is 6.92 Å². The summed E-state index contributed by atoms with van der Waals surface area (Å²) in [5.74, 6) is -0.454. The Hall–Kier alpha value is -2.44. The fraction of sp³-hybridized carbons (Fsp3) is 0.364. The number of imide groups is 1. The Morgan fingerprint density at radius 3 is 2.32 bits per heavy atom. The van der Waals surface area contributed by atoms with Crippen molar-refractivity contribution in [2.24, 2.45) is 0 Å². The SMILES string of the molecule is Cc1ccc(N2C(=O)C(c3cccs3)=C(N(C)C3CCN(C)CC3)C2=O)cc1. The van der Waals surface area contributed by atoms with Gasteiger partial charge in [-0.15, -0.1) is 11.3 Å². The van der Waals surface area contributed by atoms with Crippen LogP contribution in [0.25, 0.3) is 5.57 Å². The summed E-state index contributed by atoms with van der Waals surface area (Å²) in [7, 11) is 4.08. The molecule has 0 saturated carbocycles. The molecule has 0 atom stereocenters. The van der Waals surface area contributed by atoms with Gasteiger partial charge in [0.05, 0.1) is 11.3 Å². The lowest BCUT2D eigenvalue weighted by atomic mass is 10.0. The Balaban J connectivity index is 1.74. The van der Waals surface area contributed by atoms with E-state index in [0.29, 0.717) is 17.0 Å². The highest BCUT2D eigenvalue weighted by molar-refractivity contribution is 7.11. The van der Waals surface area contributed by atoms with Crippen LogP contribution in [0.5, 0.6) is 0 Å². The zero-order valence-corrected chi connectivity index (χ0v) is 17.3. The maximum Gasteiger partial charge on any atom is 0.282 e. The van der Waals surface area contributed by atoms with Crippen molar-refractivity contribution >= 4 is 34.4 Å². The maximum absolute atomic E-state index is 13.5. The molecule has 2 aliphatic rings. The number of thiophene rings is 1. The molecule has 0 N–H and O–H groups in total. The monoisotopic (exact) mass is 395 g/mol. The molecule has 0 spiro atoms. The van der Waals surface area contributed by atoms with Gasteiger partial charge in [0.25, 0.3) is 11.8 Å². The fourth-order valence-corrected chi connectivity index (χ4v) is 4.74. The van der Waals surface area contributed by atoms with Crippen molar-refractivity contribution in [1.82, 2.24) is 9.80 Å². The number of carbonyl (C=O) groups excluding carboxylic acids is 2. The lowest BCUT2D eigenvalue weighted by Crippen LogP contribution is -2.43. The van der Waals surface area contributed by atoms with Gasteiger partial charge in [-0.05, 0) is 63.5 Å². The molecule has 0 bridgehead atoms. The number of nitrogens with zero attached hydrogens (tertiary/aromatic N) is 3. The number of anilines is 1. The van der Waals surface area contributed by atoms with E-state index in [1.165, 1.54) is 16.2 Å². The van der Waals surface area contributed by atoms with Crippen molar-refractivity contribution in [1.29, 1.82) is 0 Å². The van der Waals surface area contributed by atoms with Gasteiger partial charge in [0.1, 0.15) is 5.70 Å². The molecule has 2 amide bonds. The summed E-state index contributed by atoms with van der Waals surface area (Å²) < 4.78 is 0. The minimum atomic E-state index is -0.230. The van der Waals surface area contributed by atoms with E-state index in [2.05, 4.69) is 16.8 Å². The molecule has 3 heterocycles. The summed E-state index contributed by atoms with van der Waals surface area (Å²) in [6.45, 7) is 3.99. The molecule has 6 heteroatoms. The standard InChI is InChI=1S/C22H25N3O2S/c1-15-6-8-17(9-7-15)25-21(26)19(18-5-4-14-28-18)20(22(25)27)24(3)16-10-12-23(2)13-11-16/h4-9,14,16H,10-13H2,1-3H3. The lowest BCUT2D eigenvalue weighted by Gasteiger charge is -2.36. The summed E-state index contributed by atoms with van der Waals surface area (Å²) in [6, 6.07) is 11.7. The smallest absolute Gasteiger partial charge is 0.282 e. The molecule has 1 aromatic heterocycles. The normalized spacial score (nSPS) is 19.0. The molecule has 0 radical (unpaired) electrons. The van der Waals surface area contributed by atoms with Crippen LogP contribution < -0.4 is 4.90 Å². The highest BCUT2D eigenvalue weighted by Crippen LogP contribution is 2.37. The summed E-state index contributed by atoms with van der Waals surface area (Å²) in [5, 5.41) is 1.95. The minimum Gasteiger partial charge on any atom is -0.366 e. The molecule has 28 heavy (non-hydrogen) atoms. The highest BCUT2D eigenvalue weighted by Gasteiger charge is 2.43. The average molecular weight is 396 g/mol. The predicted octanol–water partition coefficient (Wildman–Crippen LogP) is 3.37. The van der Waals surface area contributed by atoms with Crippen LogP contribution in [0.1, 0.15) is 23.3 Å². The Kier molecular flexibility index (Phi) is 5.08. The summed E-state index contributed by atoms with van der Waals surface area (Å²) in [6.07, 6.45) is 1.97. The van der Waals surface area contributed by atoms with Crippen molar-refractivity contribution in [3.8, 4) is 0 Å². The first-order chi connectivity index (χ1) is 13.5. The fourth-order valence-electron chi connectivity index (χ4n) is 3.98. The average Bonchev–Trinajstić information content (AvgIpc) is 3.29. The molecule has 1 aromatic carbocycles. The van der Waals surface area contributed by atoms with Gasteiger partial charge in [-0.3, -0.25) is 9.59 Å². The first-order valence-electron chi connectivity index (χ1n) is 9.62. The Morgan fingerprint density at radius 1 is 1.04 bits per heavy atom. The lowest BCUT2D eigenvalue weighted by molar-refractivity contribution is -0.120. The number of hydrogen-bond donors (Lipinski definition) is 0. The van der Waals surface area contributed by atoms with Gasteiger partial charge in [-0.2, -0.15) is 0 Å². The van der Waals surface area contributed by atoms with E-state index in [-0.39, 0.29) is 17.9 Å². The molecule has 0 aliphatic carbocycles. The molecule has 0 unspecified atom stereocenters. The van der Waals surface area contributed by atoms with E-state index in [4.69, 9.17) is 0 Å². The van der Waals surface area contributed by atoms with Crippen LogP contribution in [-0.4, -0.2) is 54.8 Å². The van der Waals surface area contributed by atoms with Gasteiger partial charge >= 0.3 is 0 Å². The minimum absolute atomic E-state index is 0.223. The van der Waals surface area contributed by atoms with E-state index in [1.807, 2.05) is 55.7 Å². The van der Waals surface area contributed by atoms with Crippen LogP contribution in [0.15, 0.2) is 47.5 Å². The van der Waals surface area contributed by atoms with E-state index in [9.17, 15) is 9.59 Å². The molecular weight excluding hydrogens is 370 g/mol. The van der Waals surface area contributed by atoms with Crippen molar-refractivity contribution < 1.29 is 9.59 Å². The number of likely N-dealkylation sites (tertiary alicyclic amines) is 1. The number of aryl methyl sites for hydroxylation is 1. The van der Waals surface area contributed by atoms with E-state index in [0.717, 1.165) is 36.4 Å². The molecule has 146 valence electrons. The Bertz CT molecular complexity index is 910. The summed E-state index contributed by atoms with van der Waals surface area (Å²) >= 11 is 1.50. The molecule has 4 rings (SSSR count). The number of likely N-dealkylation sites (N-methyl/N-ethyl adjacent to an activating group) is 1. The molecule has 5 nitrogen and oxygen atoms in total. The number of amides is 2. The Labute approximate surface area is 169 Å². The van der Waals surface area contributed by atoms with Gasteiger partial charge < -0.3 is 9.80 Å². The summed E-state index contributed by atoms with van der Waals surface area (Å²) in [4.78, 5) is 33.4. The largest absolute Gasteiger partial charge is 0.366 e. The van der Waals surface area contributed by atoms with Crippen molar-refractivity contribution in [3.63, 3.8) is 0 Å². The van der Waals surface area contributed by atoms with Crippen LogP contribution in [-0.2, 0) is 9.59 Å². The first kappa shape index (κ1) is 18.9.